The Morgan fingerprint density at radius 2 is 2.19 bits per heavy atom. The van der Waals surface area contributed by atoms with Crippen LogP contribution in [0.5, 0.6) is 0 Å². The van der Waals surface area contributed by atoms with Crippen molar-refractivity contribution in [3.05, 3.63) is 40.3 Å². The standard InChI is InChI=1S/C13H13FN4O3/c14-10-8-11(18(19)20)9-2-1-3-15-12(9)13(10)16-17-4-6-21-7-5-17/h1-3,8,16H,4-7H2. The summed E-state index contributed by atoms with van der Waals surface area (Å²) >= 11 is 0. The fourth-order valence-electron chi connectivity index (χ4n) is 2.28. The van der Waals surface area contributed by atoms with Crippen LogP contribution in [0.15, 0.2) is 24.4 Å². The molecule has 0 amide bonds. The Bertz CT molecular complexity index is 688. The van der Waals surface area contributed by atoms with E-state index < -0.39 is 10.7 Å². The van der Waals surface area contributed by atoms with Gasteiger partial charge in [-0.05, 0) is 12.1 Å². The Kier molecular flexibility index (Phi) is 3.63. The van der Waals surface area contributed by atoms with E-state index in [9.17, 15) is 14.5 Å². The van der Waals surface area contributed by atoms with Gasteiger partial charge in [-0.15, -0.1) is 0 Å². The second-order valence-electron chi connectivity index (χ2n) is 4.62. The highest BCUT2D eigenvalue weighted by Crippen LogP contribution is 2.32. The summed E-state index contributed by atoms with van der Waals surface area (Å²) < 4.78 is 19.5. The molecule has 0 aliphatic carbocycles. The number of rotatable bonds is 3. The molecular weight excluding hydrogens is 279 g/mol. The van der Waals surface area contributed by atoms with Crippen LogP contribution in [-0.4, -0.2) is 41.2 Å². The highest BCUT2D eigenvalue weighted by atomic mass is 19.1. The van der Waals surface area contributed by atoms with Crippen molar-refractivity contribution in [1.29, 1.82) is 0 Å². The number of nitro groups is 1. The molecule has 110 valence electrons. The number of hydrogen-bond donors (Lipinski definition) is 1. The van der Waals surface area contributed by atoms with E-state index in [1.807, 2.05) is 5.01 Å². The van der Waals surface area contributed by atoms with Crippen molar-refractivity contribution in [2.75, 3.05) is 31.7 Å². The highest BCUT2D eigenvalue weighted by molar-refractivity contribution is 5.96. The SMILES string of the molecule is O=[N+]([O-])c1cc(F)c(NN2CCOCC2)c2ncccc12. The predicted molar refractivity (Wildman–Crippen MR) is 74.4 cm³/mol. The lowest BCUT2D eigenvalue weighted by molar-refractivity contribution is -0.383. The number of ether oxygens (including phenoxy) is 1. The van der Waals surface area contributed by atoms with Crippen LogP contribution in [0.3, 0.4) is 0 Å². The van der Waals surface area contributed by atoms with Gasteiger partial charge in [-0.25, -0.2) is 9.40 Å². The van der Waals surface area contributed by atoms with E-state index in [-0.39, 0.29) is 16.9 Å². The monoisotopic (exact) mass is 292 g/mol. The summed E-state index contributed by atoms with van der Waals surface area (Å²) in [6.45, 7) is 2.30. The van der Waals surface area contributed by atoms with Gasteiger partial charge in [-0.1, -0.05) is 0 Å². The number of benzene rings is 1. The molecule has 0 radical (unpaired) electrons. The van der Waals surface area contributed by atoms with Gasteiger partial charge in [0.15, 0.2) is 5.82 Å². The molecule has 0 bridgehead atoms. The maximum atomic E-state index is 14.2. The Morgan fingerprint density at radius 3 is 2.90 bits per heavy atom. The lowest BCUT2D eigenvalue weighted by atomic mass is 10.1. The lowest BCUT2D eigenvalue weighted by Crippen LogP contribution is -2.40. The molecular formula is C13H13FN4O3. The molecule has 1 N–H and O–H groups in total. The molecule has 1 aliphatic heterocycles. The van der Waals surface area contributed by atoms with Crippen LogP contribution >= 0.6 is 0 Å². The van der Waals surface area contributed by atoms with E-state index in [0.717, 1.165) is 6.07 Å². The van der Waals surface area contributed by atoms with Crippen molar-refractivity contribution in [1.82, 2.24) is 9.99 Å². The quantitative estimate of drug-likeness (QED) is 0.688. The zero-order valence-electron chi connectivity index (χ0n) is 11.1. The first-order valence-corrected chi connectivity index (χ1v) is 6.48. The van der Waals surface area contributed by atoms with Crippen LogP contribution in [0, 0.1) is 15.9 Å². The van der Waals surface area contributed by atoms with Gasteiger partial charge in [-0.3, -0.25) is 15.1 Å². The average Bonchev–Trinajstić information content (AvgIpc) is 2.50. The molecule has 0 spiro atoms. The zero-order valence-corrected chi connectivity index (χ0v) is 11.1. The van der Waals surface area contributed by atoms with Gasteiger partial charge in [-0.2, -0.15) is 0 Å². The Balaban J connectivity index is 2.07. The predicted octanol–water partition coefficient (Wildman–Crippen LogP) is 1.94. The average molecular weight is 292 g/mol. The number of aromatic nitrogens is 1. The molecule has 21 heavy (non-hydrogen) atoms. The first kappa shape index (κ1) is 13.7. The number of hydrazine groups is 1. The molecule has 1 aromatic heterocycles. The van der Waals surface area contributed by atoms with E-state index in [1.165, 1.54) is 6.20 Å². The molecule has 2 heterocycles. The third-order valence-corrected chi connectivity index (χ3v) is 3.30. The van der Waals surface area contributed by atoms with E-state index in [0.29, 0.717) is 31.7 Å². The van der Waals surface area contributed by atoms with E-state index >= 15 is 0 Å². The van der Waals surface area contributed by atoms with Crippen LogP contribution in [-0.2, 0) is 4.74 Å². The molecule has 1 aliphatic rings. The molecule has 2 aromatic rings. The first-order valence-electron chi connectivity index (χ1n) is 6.48. The summed E-state index contributed by atoms with van der Waals surface area (Å²) in [6.07, 6.45) is 1.48. The summed E-state index contributed by atoms with van der Waals surface area (Å²) in [4.78, 5) is 14.5. The lowest BCUT2D eigenvalue weighted by Gasteiger charge is -2.28. The van der Waals surface area contributed by atoms with Gasteiger partial charge in [0, 0.05) is 19.3 Å². The van der Waals surface area contributed by atoms with Crippen LogP contribution in [0.4, 0.5) is 15.8 Å². The summed E-state index contributed by atoms with van der Waals surface area (Å²) in [7, 11) is 0. The second kappa shape index (κ2) is 5.58. The number of halogens is 1. The summed E-state index contributed by atoms with van der Waals surface area (Å²) in [5.41, 5.74) is 3.06. The maximum absolute atomic E-state index is 14.2. The minimum absolute atomic E-state index is 0.151. The number of hydrogen-bond acceptors (Lipinski definition) is 6. The van der Waals surface area contributed by atoms with Crippen molar-refractivity contribution in [3.63, 3.8) is 0 Å². The van der Waals surface area contributed by atoms with E-state index in [2.05, 4.69) is 10.4 Å². The zero-order chi connectivity index (χ0) is 14.8. The van der Waals surface area contributed by atoms with Crippen molar-refractivity contribution < 1.29 is 14.1 Å². The molecule has 8 heteroatoms. The summed E-state index contributed by atoms with van der Waals surface area (Å²) in [5.74, 6) is -0.695. The molecule has 1 fully saturated rings. The fraction of sp³-hybridized carbons (Fsp3) is 0.308. The van der Waals surface area contributed by atoms with Gasteiger partial charge in [0.05, 0.1) is 29.6 Å². The van der Waals surface area contributed by atoms with Gasteiger partial charge < -0.3 is 10.2 Å². The normalized spacial score (nSPS) is 16.0. The van der Waals surface area contributed by atoms with Crippen molar-refractivity contribution in [2.45, 2.75) is 0 Å². The highest BCUT2D eigenvalue weighted by Gasteiger charge is 2.21. The summed E-state index contributed by atoms with van der Waals surface area (Å²) in [6, 6.07) is 4.07. The van der Waals surface area contributed by atoms with Crippen molar-refractivity contribution in [2.24, 2.45) is 0 Å². The van der Waals surface area contributed by atoms with Gasteiger partial charge in [0.2, 0.25) is 0 Å². The van der Waals surface area contributed by atoms with Crippen molar-refractivity contribution in [3.8, 4) is 0 Å². The minimum atomic E-state index is -0.695. The van der Waals surface area contributed by atoms with Crippen LogP contribution in [0.1, 0.15) is 0 Å². The minimum Gasteiger partial charge on any atom is -0.379 e. The number of nitrogens with zero attached hydrogens (tertiary/aromatic N) is 3. The van der Waals surface area contributed by atoms with Crippen LogP contribution in [0.25, 0.3) is 10.9 Å². The smallest absolute Gasteiger partial charge is 0.281 e. The Morgan fingerprint density at radius 1 is 1.43 bits per heavy atom. The molecule has 1 aromatic carbocycles. The molecule has 0 atom stereocenters. The fourth-order valence-corrected chi connectivity index (χ4v) is 2.28. The molecule has 0 unspecified atom stereocenters. The number of anilines is 1. The van der Waals surface area contributed by atoms with Crippen LogP contribution in [0.2, 0.25) is 0 Å². The molecule has 3 rings (SSSR count). The Labute approximate surface area is 119 Å². The topological polar surface area (TPSA) is 80.5 Å². The number of pyridine rings is 1. The van der Waals surface area contributed by atoms with E-state index in [1.54, 1.807) is 12.1 Å². The Hall–Kier alpha value is -2.32. The maximum Gasteiger partial charge on any atom is 0.281 e. The number of nitro benzene ring substituents is 1. The van der Waals surface area contributed by atoms with Gasteiger partial charge in [0.1, 0.15) is 11.2 Å². The third-order valence-electron chi connectivity index (χ3n) is 3.30. The molecule has 0 saturated carbocycles. The summed E-state index contributed by atoms with van der Waals surface area (Å²) in [5, 5.41) is 13.1. The first-order chi connectivity index (χ1) is 10.2. The number of nitrogens with one attached hydrogen (secondary N) is 1. The number of fused-ring (bicyclic) bond motifs is 1. The van der Waals surface area contributed by atoms with Crippen molar-refractivity contribution >= 4 is 22.3 Å². The van der Waals surface area contributed by atoms with Gasteiger partial charge in [0.25, 0.3) is 5.69 Å². The number of non-ortho nitro benzene ring substituents is 1. The molecule has 7 nitrogen and oxygen atoms in total. The van der Waals surface area contributed by atoms with Gasteiger partial charge >= 0.3 is 0 Å². The number of morpholine rings is 1. The third kappa shape index (κ3) is 2.63. The van der Waals surface area contributed by atoms with Crippen LogP contribution < -0.4 is 5.43 Å². The largest absolute Gasteiger partial charge is 0.379 e. The van der Waals surface area contributed by atoms with E-state index in [4.69, 9.17) is 4.74 Å². The second-order valence-corrected chi connectivity index (χ2v) is 4.62. The molecule has 1 saturated heterocycles.